The zero-order valence-electron chi connectivity index (χ0n) is 18.1. The van der Waals surface area contributed by atoms with Crippen molar-refractivity contribution in [1.29, 1.82) is 0 Å². The summed E-state index contributed by atoms with van der Waals surface area (Å²) < 4.78 is 27.9. The average molecular weight is 479 g/mol. The third kappa shape index (κ3) is 6.62. The van der Waals surface area contributed by atoms with Gasteiger partial charge < -0.3 is 29.0 Å². The Kier molecular flexibility index (Phi) is 9.40. The van der Waals surface area contributed by atoms with Crippen molar-refractivity contribution in [3.8, 4) is 0 Å². The molecule has 0 aromatic heterocycles. The smallest absolute Gasteiger partial charge is 0.407 e. The summed E-state index contributed by atoms with van der Waals surface area (Å²) in [6.45, 7) is 3.73. The highest BCUT2D eigenvalue weighted by Gasteiger charge is 2.50. The third-order valence-corrected chi connectivity index (χ3v) is 6.23. The number of carbonyl (C=O) groups is 2. The number of nitrogens with zero attached hydrogens (tertiary/aromatic N) is 3. The van der Waals surface area contributed by atoms with Gasteiger partial charge in [0.2, 0.25) is 0 Å². The molecule has 0 spiro atoms. The van der Waals surface area contributed by atoms with Gasteiger partial charge in [0.15, 0.2) is 6.29 Å². The van der Waals surface area contributed by atoms with Crippen LogP contribution in [0.15, 0.2) is 48.1 Å². The van der Waals surface area contributed by atoms with E-state index < -0.39 is 42.1 Å². The number of esters is 1. The minimum atomic E-state index is -0.809. The standard InChI is InChI=1S/C21H26N4O7S/c1-3-10-29-21(27)23-17-16(24-25-22)18-14(31-20(17)33-11-9-15(26)28-2)12-30-19(32-18)13-7-5-4-6-8-13/h3-8,14,16-20H,1,9-12H2,2H3,(H,23,27). The summed E-state index contributed by atoms with van der Waals surface area (Å²) in [5.41, 5.74) is 9.41. The van der Waals surface area contributed by atoms with Crippen LogP contribution in [0.3, 0.4) is 0 Å². The maximum absolute atomic E-state index is 12.3. The Morgan fingerprint density at radius 1 is 1.36 bits per heavy atom. The van der Waals surface area contributed by atoms with Crippen LogP contribution in [-0.2, 0) is 28.5 Å². The normalized spacial score (nSPS) is 28.5. The van der Waals surface area contributed by atoms with E-state index in [-0.39, 0.29) is 25.6 Å². The molecule has 2 aliphatic heterocycles. The quantitative estimate of drug-likeness (QED) is 0.188. The first kappa shape index (κ1) is 24.9. The number of nitrogens with one attached hydrogen (secondary N) is 1. The molecule has 0 bridgehead atoms. The van der Waals surface area contributed by atoms with E-state index in [1.165, 1.54) is 24.9 Å². The minimum absolute atomic E-state index is 0.0121. The van der Waals surface area contributed by atoms with E-state index in [9.17, 15) is 15.1 Å². The maximum Gasteiger partial charge on any atom is 0.407 e. The van der Waals surface area contributed by atoms with E-state index >= 15 is 0 Å². The van der Waals surface area contributed by atoms with E-state index in [0.717, 1.165) is 5.56 Å². The predicted octanol–water partition coefficient (Wildman–Crippen LogP) is 3.08. The van der Waals surface area contributed by atoms with Gasteiger partial charge in [0.25, 0.3) is 0 Å². The van der Waals surface area contributed by atoms with Crippen LogP contribution in [0.2, 0.25) is 0 Å². The maximum atomic E-state index is 12.3. The lowest BCUT2D eigenvalue weighted by Gasteiger charge is -2.48. The molecule has 1 aromatic carbocycles. The van der Waals surface area contributed by atoms with Crippen molar-refractivity contribution in [3.05, 3.63) is 59.0 Å². The molecule has 2 saturated heterocycles. The van der Waals surface area contributed by atoms with Crippen molar-refractivity contribution in [2.45, 2.75) is 42.4 Å². The van der Waals surface area contributed by atoms with Crippen LogP contribution in [0.5, 0.6) is 0 Å². The number of methoxy groups -OCH3 is 1. The van der Waals surface area contributed by atoms with Gasteiger partial charge in [-0.05, 0) is 5.53 Å². The van der Waals surface area contributed by atoms with Crippen LogP contribution in [0, 0.1) is 0 Å². The Labute approximate surface area is 195 Å². The van der Waals surface area contributed by atoms with Gasteiger partial charge in [-0.1, -0.05) is 48.1 Å². The Morgan fingerprint density at radius 3 is 2.85 bits per heavy atom. The van der Waals surface area contributed by atoms with E-state index in [2.05, 4.69) is 26.7 Å². The number of thioether (sulfide) groups is 1. The molecule has 178 valence electrons. The summed E-state index contributed by atoms with van der Waals surface area (Å²) in [6, 6.07) is 7.75. The summed E-state index contributed by atoms with van der Waals surface area (Å²) in [4.78, 5) is 26.8. The first-order valence-electron chi connectivity index (χ1n) is 10.3. The molecule has 1 amide bonds. The number of hydrogen-bond acceptors (Lipinski definition) is 9. The highest BCUT2D eigenvalue weighted by atomic mass is 32.2. The number of rotatable bonds is 9. The third-order valence-electron chi connectivity index (χ3n) is 5.06. The van der Waals surface area contributed by atoms with Crippen molar-refractivity contribution >= 4 is 23.8 Å². The number of amides is 1. The van der Waals surface area contributed by atoms with Gasteiger partial charge in [-0.25, -0.2) is 4.79 Å². The molecular weight excluding hydrogens is 452 g/mol. The van der Waals surface area contributed by atoms with E-state index in [0.29, 0.717) is 5.75 Å². The molecule has 0 radical (unpaired) electrons. The SMILES string of the molecule is C=CCOC(=O)NC1C(SCCC(=O)OC)OC2COC(c3ccccc3)OC2C1N=[N+]=[N-]. The molecule has 2 aliphatic rings. The summed E-state index contributed by atoms with van der Waals surface area (Å²) in [5, 5.41) is 6.67. The summed E-state index contributed by atoms with van der Waals surface area (Å²) in [5.74, 6) is -0.000834. The molecule has 2 heterocycles. The van der Waals surface area contributed by atoms with Crippen molar-refractivity contribution in [3.63, 3.8) is 0 Å². The lowest BCUT2D eigenvalue weighted by Crippen LogP contribution is -2.65. The van der Waals surface area contributed by atoms with Crippen LogP contribution in [0.1, 0.15) is 18.3 Å². The highest BCUT2D eigenvalue weighted by molar-refractivity contribution is 7.99. The van der Waals surface area contributed by atoms with Gasteiger partial charge in [0, 0.05) is 16.2 Å². The number of alkyl carbamates (subject to hydrolysis) is 1. The van der Waals surface area contributed by atoms with Gasteiger partial charge in [0.1, 0.15) is 24.3 Å². The number of fused-ring (bicyclic) bond motifs is 1. The molecule has 0 saturated carbocycles. The molecule has 0 aliphatic carbocycles. The van der Waals surface area contributed by atoms with Gasteiger partial charge in [-0.3, -0.25) is 4.79 Å². The lowest BCUT2D eigenvalue weighted by atomic mass is 9.95. The second kappa shape index (κ2) is 12.5. The summed E-state index contributed by atoms with van der Waals surface area (Å²) in [6.07, 6.45) is -1.03. The minimum Gasteiger partial charge on any atom is -0.469 e. The van der Waals surface area contributed by atoms with Gasteiger partial charge >= 0.3 is 12.1 Å². The molecule has 33 heavy (non-hydrogen) atoms. The fourth-order valence-corrected chi connectivity index (χ4v) is 4.71. The number of carbonyl (C=O) groups excluding carboxylic acids is 2. The number of hydrogen-bond donors (Lipinski definition) is 1. The summed E-state index contributed by atoms with van der Waals surface area (Å²) >= 11 is 1.29. The summed E-state index contributed by atoms with van der Waals surface area (Å²) in [7, 11) is 1.31. The van der Waals surface area contributed by atoms with Crippen molar-refractivity contribution in [1.82, 2.24) is 5.32 Å². The molecule has 1 aromatic rings. The van der Waals surface area contributed by atoms with Crippen molar-refractivity contribution < 1.29 is 33.3 Å². The van der Waals surface area contributed by atoms with Gasteiger partial charge in [-0.15, -0.1) is 11.8 Å². The first-order valence-corrected chi connectivity index (χ1v) is 11.4. The fourth-order valence-electron chi connectivity index (χ4n) is 3.54. The zero-order valence-corrected chi connectivity index (χ0v) is 18.9. The fraction of sp³-hybridized carbons (Fsp3) is 0.524. The van der Waals surface area contributed by atoms with E-state index in [4.69, 9.17) is 18.9 Å². The predicted molar refractivity (Wildman–Crippen MR) is 119 cm³/mol. The number of azide groups is 1. The van der Waals surface area contributed by atoms with Crippen LogP contribution in [0.25, 0.3) is 10.4 Å². The monoisotopic (exact) mass is 478 g/mol. The Hall–Kier alpha value is -2.76. The molecule has 12 heteroatoms. The topological polar surface area (TPSA) is 141 Å². The van der Waals surface area contributed by atoms with E-state index in [1.807, 2.05) is 30.3 Å². The zero-order chi connectivity index (χ0) is 23.6. The molecule has 11 nitrogen and oxygen atoms in total. The van der Waals surface area contributed by atoms with Crippen molar-refractivity contribution in [2.75, 3.05) is 26.1 Å². The van der Waals surface area contributed by atoms with Crippen LogP contribution >= 0.6 is 11.8 Å². The largest absolute Gasteiger partial charge is 0.469 e. The van der Waals surface area contributed by atoms with Crippen molar-refractivity contribution in [2.24, 2.45) is 5.11 Å². The second-order valence-corrected chi connectivity index (χ2v) is 8.38. The Bertz CT molecular complexity index is 867. The molecule has 3 rings (SSSR count). The van der Waals surface area contributed by atoms with E-state index in [1.54, 1.807) is 0 Å². The Morgan fingerprint density at radius 2 is 2.15 bits per heavy atom. The van der Waals surface area contributed by atoms with Gasteiger partial charge in [-0.2, -0.15) is 0 Å². The number of benzene rings is 1. The van der Waals surface area contributed by atoms with Gasteiger partial charge in [0.05, 0.1) is 32.2 Å². The molecule has 1 N–H and O–H groups in total. The first-order chi connectivity index (χ1) is 16.1. The number of ether oxygens (including phenoxy) is 5. The molecular formula is C21H26N4O7S. The molecule has 6 unspecified atom stereocenters. The highest BCUT2D eigenvalue weighted by Crippen LogP contribution is 2.38. The molecule has 6 atom stereocenters. The van der Waals surface area contributed by atoms with Crippen LogP contribution in [0.4, 0.5) is 4.79 Å². The lowest BCUT2D eigenvalue weighted by molar-refractivity contribution is -0.287. The van der Waals surface area contributed by atoms with Crippen LogP contribution in [-0.4, -0.2) is 67.9 Å². The second-order valence-electron chi connectivity index (χ2n) is 7.17. The Balaban J connectivity index is 1.81. The van der Waals surface area contributed by atoms with Crippen LogP contribution < -0.4 is 5.32 Å². The average Bonchev–Trinajstić information content (AvgIpc) is 2.84. The molecule has 2 fully saturated rings.